The van der Waals surface area contributed by atoms with Crippen LogP contribution in [0.1, 0.15) is 47.5 Å². The molecule has 0 aromatic heterocycles. The Hall–Kier alpha value is -1.10. The monoisotopic (exact) mass is 271 g/mol. The molecule has 1 aliphatic rings. The maximum absolute atomic E-state index is 11.7. The first-order chi connectivity index (χ1) is 8.73. The van der Waals surface area contributed by atoms with Gasteiger partial charge in [0.15, 0.2) is 0 Å². The molecule has 5 nitrogen and oxygen atoms in total. The highest BCUT2D eigenvalue weighted by atomic mass is 16.6. The molecule has 0 spiro atoms. The average Bonchev–Trinajstić information content (AvgIpc) is 2.22. The highest BCUT2D eigenvalue weighted by molar-refractivity contribution is 5.68. The summed E-state index contributed by atoms with van der Waals surface area (Å²) in [5, 5.41) is 2.84. The Balaban J connectivity index is 2.52. The van der Waals surface area contributed by atoms with Crippen LogP contribution in [0.25, 0.3) is 0 Å². The van der Waals surface area contributed by atoms with Gasteiger partial charge < -0.3 is 19.6 Å². The van der Waals surface area contributed by atoms with Crippen molar-refractivity contribution in [3.05, 3.63) is 0 Å². The minimum absolute atomic E-state index is 0.0517. The minimum Gasteiger partial charge on any atom is -0.444 e. The van der Waals surface area contributed by atoms with Crippen LogP contribution in [-0.4, -0.2) is 36.2 Å². The molecule has 1 fully saturated rings. The molecule has 0 unspecified atom stereocenters. The number of carbonyl (C=O) groups is 2. The molecule has 1 rings (SSSR count). The zero-order valence-corrected chi connectivity index (χ0v) is 12.4. The van der Waals surface area contributed by atoms with Crippen molar-refractivity contribution in [1.82, 2.24) is 5.32 Å². The van der Waals surface area contributed by atoms with Gasteiger partial charge in [-0.3, -0.25) is 0 Å². The lowest BCUT2D eigenvalue weighted by Crippen LogP contribution is -2.51. The highest BCUT2D eigenvalue weighted by Crippen LogP contribution is 2.26. The Bertz CT molecular complexity index is 324. The second-order valence-electron chi connectivity index (χ2n) is 6.25. The van der Waals surface area contributed by atoms with E-state index < -0.39 is 11.7 Å². The molecule has 1 heterocycles. The van der Waals surface area contributed by atoms with Crippen LogP contribution >= 0.6 is 0 Å². The van der Waals surface area contributed by atoms with E-state index in [4.69, 9.17) is 9.47 Å². The molecule has 1 amide bonds. The van der Waals surface area contributed by atoms with E-state index in [9.17, 15) is 9.59 Å². The van der Waals surface area contributed by atoms with E-state index in [0.717, 1.165) is 12.7 Å². The molecular formula is C14H25NO4. The van der Waals surface area contributed by atoms with Crippen LogP contribution in [-0.2, 0) is 14.3 Å². The number of nitrogens with one attached hydrogen (secondary N) is 1. The van der Waals surface area contributed by atoms with Gasteiger partial charge in [0.05, 0.1) is 18.2 Å². The van der Waals surface area contributed by atoms with Crippen LogP contribution in [0.3, 0.4) is 0 Å². The molecule has 1 aliphatic heterocycles. The first-order valence-corrected chi connectivity index (χ1v) is 6.81. The highest BCUT2D eigenvalue weighted by Gasteiger charge is 2.34. The molecule has 0 bridgehead atoms. The number of amides is 1. The largest absolute Gasteiger partial charge is 0.444 e. The summed E-state index contributed by atoms with van der Waals surface area (Å²) in [5.41, 5.74) is -0.505. The van der Waals surface area contributed by atoms with E-state index in [1.165, 1.54) is 0 Å². The van der Waals surface area contributed by atoms with Gasteiger partial charge in [-0.1, -0.05) is 6.92 Å². The van der Waals surface area contributed by atoms with Crippen molar-refractivity contribution in [3.63, 3.8) is 0 Å². The lowest BCUT2D eigenvalue weighted by Gasteiger charge is -2.38. The van der Waals surface area contributed by atoms with Gasteiger partial charge in [0, 0.05) is 6.42 Å². The van der Waals surface area contributed by atoms with Crippen LogP contribution < -0.4 is 5.32 Å². The van der Waals surface area contributed by atoms with E-state index in [0.29, 0.717) is 6.42 Å². The number of hydrogen-bond donors (Lipinski definition) is 1. The van der Waals surface area contributed by atoms with Gasteiger partial charge in [0.1, 0.15) is 11.9 Å². The maximum Gasteiger partial charge on any atom is 0.407 e. The standard InChI is InChI=1S/C14H25NO4/c1-9-8-11(10(2)18-12(9)6-7-16)15-13(17)19-14(3,4)5/h7,9-12H,6,8H2,1-5H3,(H,15,17)/t9-,10+,11+,12-/m0/s1. The Morgan fingerprint density at radius 3 is 2.58 bits per heavy atom. The van der Waals surface area contributed by atoms with Crippen LogP contribution in [0.15, 0.2) is 0 Å². The molecule has 0 aromatic rings. The Kier molecular flexibility index (Phi) is 5.35. The number of ether oxygens (including phenoxy) is 2. The second-order valence-corrected chi connectivity index (χ2v) is 6.25. The van der Waals surface area contributed by atoms with Gasteiger partial charge in [-0.2, -0.15) is 0 Å². The number of aldehydes is 1. The van der Waals surface area contributed by atoms with Crippen molar-refractivity contribution in [2.45, 2.75) is 71.3 Å². The summed E-state index contributed by atoms with van der Waals surface area (Å²) in [5.74, 6) is 0.237. The Morgan fingerprint density at radius 2 is 2.05 bits per heavy atom. The van der Waals surface area contributed by atoms with E-state index in [-0.39, 0.29) is 24.2 Å². The topological polar surface area (TPSA) is 64.6 Å². The fourth-order valence-corrected chi connectivity index (χ4v) is 2.27. The normalized spacial score (nSPS) is 31.6. The van der Waals surface area contributed by atoms with Crippen LogP contribution in [0.2, 0.25) is 0 Å². The van der Waals surface area contributed by atoms with Crippen molar-refractivity contribution < 1.29 is 19.1 Å². The number of carbonyl (C=O) groups excluding carboxylic acids is 2. The summed E-state index contributed by atoms with van der Waals surface area (Å²) in [6, 6.07) is -0.0762. The summed E-state index contributed by atoms with van der Waals surface area (Å²) in [4.78, 5) is 22.3. The first kappa shape index (κ1) is 16.0. The zero-order valence-electron chi connectivity index (χ0n) is 12.4. The van der Waals surface area contributed by atoms with Gasteiger partial charge in [-0.05, 0) is 40.0 Å². The van der Waals surface area contributed by atoms with Gasteiger partial charge in [-0.25, -0.2) is 4.79 Å². The third-order valence-electron chi connectivity index (χ3n) is 3.25. The summed E-state index contributed by atoms with van der Waals surface area (Å²) < 4.78 is 11.0. The predicted molar refractivity (Wildman–Crippen MR) is 72.0 cm³/mol. The quantitative estimate of drug-likeness (QED) is 0.800. The van der Waals surface area contributed by atoms with E-state index >= 15 is 0 Å². The summed E-state index contributed by atoms with van der Waals surface area (Å²) in [7, 11) is 0. The molecule has 0 aromatic carbocycles. The van der Waals surface area contributed by atoms with Gasteiger partial charge >= 0.3 is 6.09 Å². The second kappa shape index (κ2) is 6.37. The van der Waals surface area contributed by atoms with Crippen molar-refractivity contribution in [3.8, 4) is 0 Å². The van der Waals surface area contributed by atoms with Crippen molar-refractivity contribution in [1.29, 1.82) is 0 Å². The number of hydrogen-bond acceptors (Lipinski definition) is 4. The summed E-state index contributed by atoms with van der Waals surface area (Å²) >= 11 is 0. The molecule has 1 N–H and O–H groups in total. The summed E-state index contributed by atoms with van der Waals surface area (Å²) in [6.45, 7) is 9.43. The zero-order chi connectivity index (χ0) is 14.6. The van der Waals surface area contributed by atoms with Gasteiger partial charge in [0.2, 0.25) is 0 Å². The van der Waals surface area contributed by atoms with Crippen LogP contribution in [0.5, 0.6) is 0 Å². The Labute approximate surface area is 115 Å². The Morgan fingerprint density at radius 1 is 1.42 bits per heavy atom. The smallest absolute Gasteiger partial charge is 0.407 e. The third kappa shape index (κ3) is 5.19. The van der Waals surface area contributed by atoms with Crippen molar-refractivity contribution in [2.24, 2.45) is 5.92 Å². The molecule has 0 radical (unpaired) electrons. The van der Waals surface area contributed by atoms with Crippen LogP contribution in [0, 0.1) is 5.92 Å². The lowest BCUT2D eigenvalue weighted by molar-refractivity contribution is -0.120. The van der Waals surface area contributed by atoms with Crippen molar-refractivity contribution >= 4 is 12.4 Å². The minimum atomic E-state index is -0.505. The third-order valence-corrected chi connectivity index (χ3v) is 3.25. The average molecular weight is 271 g/mol. The van der Waals surface area contributed by atoms with Gasteiger partial charge in [0.25, 0.3) is 0 Å². The van der Waals surface area contributed by atoms with E-state index in [1.807, 2.05) is 34.6 Å². The molecule has 0 saturated carbocycles. The lowest BCUT2D eigenvalue weighted by atomic mass is 9.89. The number of rotatable bonds is 3. The van der Waals surface area contributed by atoms with Gasteiger partial charge in [-0.15, -0.1) is 0 Å². The SMILES string of the molecule is C[C@H]1C[C@@H](NC(=O)OC(C)(C)C)[C@@H](C)O[C@H]1CC=O. The fourth-order valence-electron chi connectivity index (χ4n) is 2.27. The van der Waals surface area contributed by atoms with Crippen molar-refractivity contribution in [2.75, 3.05) is 0 Å². The molecule has 1 saturated heterocycles. The predicted octanol–water partition coefficient (Wildman–Crippen LogP) is 2.28. The molecular weight excluding hydrogens is 246 g/mol. The maximum atomic E-state index is 11.7. The fraction of sp³-hybridized carbons (Fsp3) is 0.857. The summed E-state index contributed by atoms with van der Waals surface area (Å²) in [6.07, 6.45) is 1.49. The van der Waals surface area contributed by atoms with Crippen LogP contribution in [0.4, 0.5) is 4.79 Å². The molecule has 4 atom stereocenters. The van der Waals surface area contributed by atoms with E-state index in [1.54, 1.807) is 0 Å². The molecule has 0 aliphatic carbocycles. The molecule has 19 heavy (non-hydrogen) atoms. The molecule has 5 heteroatoms. The number of alkyl carbamates (subject to hydrolysis) is 1. The first-order valence-electron chi connectivity index (χ1n) is 6.81. The van der Waals surface area contributed by atoms with E-state index in [2.05, 4.69) is 5.32 Å². The molecule has 110 valence electrons.